The number of amides is 1. The Kier molecular flexibility index (Phi) is 7.84. The number of aliphatic hydroxyl groups is 1. The molecule has 0 bridgehead atoms. The van der Waals surface area contributed by atoms with Crippen LogP contribution < -0.4 is 4.74 Å². The Morgan fingerprint density at radius 1 is 1.13 bits per heavy atom. The molecule has 0 aromatic heterocycles. The summed E-state index contributed by atoms with van der Waals surface area (Å²) in [5.74, 6) is 1.21. The molecule has 1 aliphatic heterocycles. The van der Waals surface area contributed by atoms with Crippen LogP contribution in [-0.2, 0) is 5.41 Å². The number of ether oxygens (including phenoxy) is 1. The summed E-state index contributed by atoms with van der Waals surface area (Å²) >= 11 is 0. The average Bonchev–Trinajstić information content (AvgIpc) is 2.95. The zero-order chi connectivity index (χ0) is 27.6. The molecule has 3 aromatic carbocycles. The lowest BCUT2D eigenvalue weighted by Gasteiger charge is -2.59. The van der Waals surface area contributed by atoms with E-state index in [1.54, 1.807) is 7.11 Å². The summed E-state index contributed by atoms with van der Waals surface area (Å²) in [5, 5.41) is 14.6. The van der Waals surface area contributed by atoms with Crippen LogP contribution in [0, 0.1) is 5.92 Å². The van der Waals surface area contributed by atoms with Crippen molar-refractivity contribution in [2.75, 3.05) is 33.3 Å². The molecule has 1 saturated heterocycles. The minimum Gasteiger partial charge on any atom is -0.497 e. The number of hydrogen-bond acceptors (Lipinski definition) is 4. The molecular weight excluding hydrogens is 484 g/mol. The first kappa shape index (κ1) is 27.4. The number of rotatable bonds is 8. The maximum absolute atomic E-state index is 14.2. The van der Waals surface area contributed by atoms with Crippen molar-refractivity contribution in [2.45, 2.75) is 56.6 Å². The summed E-state index contributed by atoms with van der Waals surface area (Å²) in [6.07, 6.45) is 4.88. The van der Waals surface area contributed by atoms with Crippen LogP contribution in [0.5, 0.6) is 5.75 Å². The Morgan fingerprint density at radius 2 is 1.92 bits per heavy atom. The molecule has 39 heavy (non-hydrogen) atoms. The van der Waals surface area contributed by atoms with E-state index in [1.807, 2.05) is 48.5 Å². The summed E-state index contributed by atoms with van der Waals surface area (Å²) in [6.45, 7) is 11.2. The van der Waals surface area contributed by atoms with Crippen LogP contribution in [-0.4, -0.2) is 65.7 Å². The molecule has 2 fully saturated rings. The second-order valence-corrected chi connectivity index (χ2v) is 11.9. The van der Waals surface area contributed by atoms with E-state index in [0.717, 1.165) is 60.0 Å². The van der Waals surface area contributed by atoms with Gasteiger partial charge in [0.1, 0.15) is 5.75 Å². The lowest BCUT2D eigenvalue weighted by Crippen LogP contribution is -2.67. The molecule has 1 amide bonds. The molecule has 0 radical (unpaired) electrons. The fourth-order valence-corrected chi connectivity index (χ4v) is 7.04. The lowest BCUT2D eigenvalue weighted by molar-refractivity contribution is -0.131. The standard InChI is InChI=1S/C34H42N2O3/c1-5-18-35-19-17-33(29-11-8-12-31(21-29)39-4)22-30(15-16-34(33,38)24-35)36(23-25(2)3)32(37)28-14-13-26-9-6-7-10-27(26)20-28/h5-14,20-21,25,30,38H,1,15-19,22-24H2,2-4H3/t30-,33-,34-/m0/s1. The van der Waals surface area contributed by atoms with Gasteiger partial charge >= 0.3 is 0 Å². The van der Waals surface area contributed by atoms with Crippen LogP contribution >= 0.6 is 0 Å². The number of likely N-dealkylation sites (tertiary alicyclic amines) is 1. The van der Waals surface area contributed by atoms with Gasteiger partial charge in [-0.25, -0.2) is 0 Å². The van der Waals surface area contributed by atoms with Crippen LogP contribution in [0.2, 0.25) is 0 Å². The number of carbonyl (C=O) groups is 1. The number of β-amino-alcohol motifs (C(OH)–C–C–N with tert-alkyl or cyclic N) is 1. The molecule has 5 rings (SSSR count). The number of methoxy groups -OCH3 is 1. The molecule has 3 atom stereocenters. The van der Waals surface area contributed by atoms with E-state index in [2.05, 4.69) is 54.5 Å². The Morgan fingerprint density at radius 3 is 2.67 bits per heavy atom. The van der Waals surface area contributed by atoms with Gasteiger partial charge in [-0.15, -0.1) is 6.58 Å². The van der Waals surface area contributed by atoms with Crippen LogP contribution in [0.1, 0.15) is 55.5 Å². The number of carbonyl (C=O) groups excluding carboxylic acids is 1. The number of hydrogen-bond donors (Lipinski definition) is 1. The highest BCUT2D eigenvalue weighted by Crippen LogP contribution is 2.53. The zero-order valence-corrected chi connectivity index (χ0v) is 23.6. The first-order valence-corrected chi connectivity index (χ1v) is 14.3. The molecule has 206 valence electrons. The third kappa shape index (κ3) is 5.22. The maximum Gasteiger partial charge on any atom is 0.254 e. The quantitative estimate of drug-likeness (QED) is 0.363. The molecule has 5 nitrogen and oxygen atoms in total. The minimum absolute atomic E-state index is 0.0313. The lowest BCUT2D eigenvalue weighted by atomic mass is 9.55. The van der Waals surface area contributed by atoms with Gasteiger partial charge in [-0.2, -0.15) is 0 Å². The molecule has 1 N–H and O–H groups in total. The van der Waals surface area contributed by atoms with Gasteiger partial charge in [0, 0.05) is 36.7 Å². The van der Waals surface area contributed by atoms with E-state index in [1.165, 1.54) is 0 Å². The van der Waals surface area contributed by atoms with Crippen molar-refractivity contribution in [2.24, 2.45) is 5.92 Å². The summed E-state index contributed by atoms with van der Waals surface area (Å²) in [6, 6.07) is 22.5. The Hall–Kier alpha value is -3.15. The Labute approximate surface area is 233 Å². The fourth-order valence-electron chi connectivity index (χ4n) is 7.04. The van der Waals surface area contributed by atoms with Crippen molar-refractivity contribution >= 4 is 16.7 Å². The van der Waals surface area contributed by atoms with Crippen molar-refractivity contribution in [3.05, 3.63) is 90.5 Å². The molecule has 5 heteroatoms. The summed E-state index contributed by atoms with van der Waals surface area (Å²) in [4.78, 5) is 18.6. The number of nitrogens with zero attached hydrogens (tertiary/aromatic N) is 2. The van der Waals surface area contributed by atoms with Crippen molar-refractivity contribution in [3.63, 3.8) is 0 Å². The zero-order valence-electron chi connectivity index (χ0n) is 23.6. The fraction of sp³-hybridized carbons (Fsp3) is 0.441. The van der Waals surface area contributed by atoms with E-state index in [9.17, 15) is 9.90 Å². The van der Waals surface area contributed by atoms with Gasteiger partial charge in [0.25, 0.3) is 5.91 Å². The molecular formula is C34H42N2O3. The normalized spacial score (nSPS) is 25.3. The van der Waals surface area contributed by atoms with Crippen LogP contribution in [0.4, 0.5) is 0 Å². The number of fused-ring (bicyclic) bond motifs is 2. The second-order valence-electron chi connectivity index (χ2n) is 11.9. The molecule has 1 heterocycles. The molecule has 3 aromatic rings. The van der Waals surface area contributed by atoms with Crippen LogP contribution in [0.25, 0.3) is 10.8 Å². The van der Waals surface area contributed by atoms with Gasteiger partial charge < -0.3 is 14.7 Å². The highest BCUT2D eigenvalue weighted by molar-refractivity contribution is 5.98. The monoisotopic (exact) mass is 526 g/mol. The maximum atomic E-state index is 14.2. The third-order valence-electron chi connectivity index (χ3n) is 8.98. The van der Waals surface area contributed by atoms with Crippen molar-refractivity contribution in [1.82, 2.24) is 9.80 Å². The van der Waals surface area contributed by atoms with E-state index >= 15 is 0 Å². The summed E-state index contributed by atoms with van der Waals surface area (Å²) in [5.41, 5.74) is 0.467. The Balaban J connectivity index is 1.53. The molecule has 0 unspecified atom stereocenters. The van der Waals surface area contributed by atoms with Crippen molar-refractivity contribution in [1.29, 1.82) is 0 Å². The third-order valence-corrected chi connectivity index (χ3v) is 8.98. The van der Waals surface area contributed by atoms with Gasteiger partial charge in [-0.3, -0.25) is 9.69 Å². The topological polar surface area (TPSA) is 53.0 Å². The SMILES string of the molecule is C=CCN1CC[C@@]2(c3cccc(OC)c3)C[C@@H](N(CC(C)C)C(=O)c3ccc4ccccc4c3)CC[C@]2(O)C1. The smallest absolute Gasteiger partial charge is 0.254 e. The summed E-state index contributed by atoms with van der Waals surface area (Å²) < 4.78 is 5.60. The first-order chi connectivity index (χ1) is 18.8. The molecule has 1 saturated carbocycles. The minimum atomic E-state index is -0.896. The van der Waals surface area contributed by atoms with E-state index in [0.29, 0.717) is 25.4 Å². The number of benzene rings is 3. The first-order valence-electron chi connectivity index (χ1n) is 14.3. The molecule has 1 aliphatic carbocycles. The predicted octanol–water partition coefficient (Wildman–Crippen LogP) is 6.06. The van der Waals surface area contributed by atoms with Crippen LogP contribution in [0.15, 0.2) is 79.4 Å². The molecule has 0 spiro atoms. The van der Waals surface area contributed by atoms with Gasteiger partial charge in [0.2, 0.25) is 0 Å². The predicted molar refractivity (Wildman–Crippen MR) is 158 cm³/mol. The second kappa shape index (κ2) is 11.1. The Bertz CT molecular complexity index is 1340. The average molecular weight is 527 g/mol. The summed E-state index contributed by atoms with van der Waals surface area (Å²) in [7, 11) is 1.69. The number of piperidine rings is 1. The highest BCUT2D eigenvalue weighted by Gasteiger charge is 2.58. The largest absolute Gasteiger partial charge is 0.497 e. The van der Waals surface area contributed by atoms with E-state index in [-0.39, 0.29) is 11.9 Å². The van der Waals surface area contributed by atoms with E-state index < -0.39 is 11.0 Å². The van der Waals surface area contributed by atoms with Crippen molar-refractivity contribution < 1.29 is 14.6 Å². The van der Waals surface area contributed by atoms with Crippen LogP contribution in [0.3, 0.4) is 0 Å². The van der Waals surface area contributed by atoms with E-state index in [4.69, 9.17) is 4.74 Å². The van der Waals surface area contributed by atoms with Crippen molar-refractivity contribution in [3.8, 4) is 5.75 Å². The highest BCUT2D eigenvalue weighted by atomic mass is 16.5. The van der Waals surface area contributed by atoms with Gasteiger partial charge in [0.05, 0.1) is 12.7 Å². The van der Waals surface area contributed by atoms with Gasteiger partial charge in [-0.05, 0) is 78.7 Å². The van der Waals surface area contributed by atoms with Gasteiger partial charge in [0.15, 0.2) is 0 Å². The van der Waals surface area contributed by atoms with Gasteiger partial charge in [-0.1, -0.05) is 62.4 Å². The molecule has 2 aliphatic rings.